The molecular formula is C20H43N3. The molecule has 3 heteroatoms. The Labute approximate surface area is 146 Å². The lowest BCUT2D eigenvalue weighted by atomic mass is 9.92. The topological polar surface area (TPSA) is 9.72 Å². The summed E-state index contributed by atoms with van der Waals surface area (Å²) in [6, 6.07) is 0. The van der Waals surface area contributed by atoms with E-state index >= 15 is 0 Å². The Bertz CT molecular complexity index is 295. The fourth-order valence-corrected chi connectivity index (χ4v) is 3.96. The third kappa shape index (κ3) is 7.11. The van der Waals surface area contributed by atoms with Crippen LogP contribution in [-0.4, -0.2) is 73.1 Å². The molecule has 2 aliphatic rings. The Morgan fingerprint density at radius 1 is 0.957 bits per heavy atom. The zero-order chi connectivity index (χ0) is 17.3. The predicted molar refractivity (Wildman–Crippen MR) is 103 cm³/mol. The lowest BCUT2D eigenvalue weighted by molar-refractivity contribution is 0.0156. The maximum Gasteiger partial charge on any atom is 0.0280 e. The average Bonchev–Trinajstić information content (AvgIpc) is 2.55. The summed E-state index contributed by atoms with van der Waals surface area (Å²) >= 11 is 0. The summed E-state index contributed by atoms with van der Waals surface area (Å²) in [5.41, 5.74) is 0.361. The van der Waals surface area contributed by atoms with Gasteiger partial charge in [0.05, 0.1) is 0 Å². The van der Waals surface area contributed by atoms with Gasteiger partial charge in [0.2, 0.25) is 0 Å². The van der Waals surface area contributed by atoms with Crippen LogP contribution in [-0.2, 0) is 0 Å². The van der Waals surface area contributed by atoms with Crippen molar-refractivity contribution in [1.29, 1.82) is 0 Å². The van der Waals surface area contributed by atoms with Crippen LogP contribution < -0.4 is 0 Å². The molecule has 0 saturated carbocycles. The molecule has 0 bridgehead atoms. The van der Waals surface area contributed by atoms with E-state index in [0.717, 1.165) is 5.92 Å². The molecule has 2 heterocycles. The number of rotatable bonds is 6. The molecule has 0 aromatic rings. The van der Waals surface area contributed by atoms with Gasteiger partial charge in [0.25, 0.3) is 0 Å². The van der Waals surface area contributed by atoms with Crippen molar-refractivity contribution < 1.29 is 0 Å². The summed E-state index contributed by atoms with van der Waals surface area (Å²) in [5.74, 6) is 0.974. The molecule has 0 aliphatic carbocycles. The highest BCUT2D eigenvalue weighted by molar-refractivity contribution is 4.90. The van der Waals surface area contributed by atoms with Crippen LogP contribution in [0.2, 0.25) is 0 Å². The first-order valence-corrected chi connectivity index (χ1v) is 10.2. The van der Waals surface area contributed by atoms with Crippen LogP contribution in [0.25, 0.3) is 0 Å². The van der Waals surface area contributed by atoms with Crippen molar-refractivity contribution in [2.75, 3.05) is 52.9 Å². The van der Waals surface area contributed by atoms with Crippen molar-refractivity contribution in [3.63, 3.8) is 0 Å². The van der Waals surface area contributed by atoms with Crippen LogP contribution >= 0.6 is 0 Å². The van der Waals surface area contributed by atoms with E-state index in [4.69, 9.17) is 0 Å². The van der Waals surface area contributed by atoms with E-state index in [0.29, 0.717) is 5.54 Å². The van der Waals surface area contributed by atoms with Gasteiger partial charge in [-0.1, -0.05) is 27.2 Å². The van der Waals surface area contributed by atoms with Gasteiger partial charge in [-0.2, -0.15) is 0 Å². The molecule has 2 aliphatic heterocycles. The van der Waals surface area contributed by atoms with Crippen LogP contribution in [0.4, 0.5) is 0 Å². The zero-order valence-electron chi connectivity index (χ0n) is 16.9. The van der Waals surface area contributed by atoms with E-state index in [1.54, 1.807) is 0 Å². The molecule has 138 valence electrons. The monoisotopic (exact) mass is 325 g/mol. The molecule has 2 fully saturated rings. The third-order valence-electron chi connectivity index (χ3n) is 5.63. The maximum atomic E-state index is 2.72. The number of likely N-dealkylation sites (tertiary alicyclic amines) is 1. The number of hydrogen-bond acceptors (Lipinski definition) is 3. The predicted octanol–water partition coefficient (Wildman–Crippen LogP) is 3.94. The molecule has 0 spiro atoms. The second-order valence-corrected chi connectivity index (χ2v) is 7.96. The van der Waals surface area contributed by atoms with Crippen molar-refractivity contribution in [1.82, 2.24) is 14.7 Å². The largest absolute Gasteiger partial charge is 0.306 e. The van der Waals surface area contributed by atoms with Gasteiger partial charge in [0.1, 0.15) is 0 Å². The Morgan fingerprint density at radius 3 is 2.17 bits per heavy atom. The minimum absolute atomic E-state index is 0.361. The minimum Gasteiger partial charge on any atom is -0.306 e. The number of piperidine rings is 1. The lowest BCUT2D eigenvalue weighted by Crippen LogP contribution is -2.59. The molecule has 0 N–H and O–H groups in total. The summed E-state index contributed by atoms with van der Waals surface area (Å²) in [7, 11) is 2.26. The molecule has 2 rings (SSSR count). The van der Waals surface area contributed by atoms with E-state index in [2.05, 4.69) is 42.5 Å². The smallest absolute Gasteiger partial charge is 0.0280 e. The fraction of sp³-hybridized carbons (Fsp3) is 1.00. The fourth-order valence-electron chi connectivity index (χ4n) is 3.96. The van der Waals surface area contributed by atoms with Crippen molar-refractivity contribution in [2.45, 2.75) is 72.3 Å². The molecule has 3 nitrogen and oxygen atoms in total. The normalized spacial score (nSPS) is 24.3. The van der Waals surface area contributed by atoms with Crippen molar-refractivity contribution in [2.24, 2.45) is 5.92 Å². The van der Waals surface area contributed by atoms with Crippen LogP contribution in [0.15, 0.2) is 0 Å². The summed E-state index contributed by atoms with van der Waals surface area (Å²) in [6.07, 6.45) is 6.90. The molecule has 2 saturated heterocycles. The molecule has 0 atom stereocenters. The van der Waals surface area contributed by atoms with E-state index in [9.17, 15) is 0 Å². The van der Waals surface area contributed by atoms with Crippen LogP contribution in [0, 0.1) is 5.92 Å². The van der Waals surface area contributed by atoms with Gasteiger partial charge in [0, 0.05) is 25.2 Å². The number of piperazine rings is 1. The molecule has 0 unspecified atom stereocenters. The zero-order valence-corrected chi connectivity index (χ0v) is 16.9. The van der Waals surface area contributed by atoms with Crippen LogP contribution in [0.1, 0.15) is 66.7 Å². The Morgan fingerprint density at radius 2 is 1.61 bits per heavy atom. The van der Waals surface area contributed by atoms with Crippen LogP contribution in [0.3, 0.4) is 0 Å². The second kappa shape index (κ2) is 10.7. The number of hydrogen-bond donors (Lipinski definition) is 0. The Hall–Kier alpha value is -0.120. The molecule has 23 heavy (non-hydrogen) atoms. The summed E-state index contributed by atoms with van der Waals surface area (Å²) in [4.78, 5) is 7.91. The maximum absolute atomic E-state index is 2.72. The summed E-state index contributed by atoms with van der Waals surface area (Å²) in [5, 5.41) is 0. The van der Waals surface area contributed by atoms with Crippen molar-refractivity contribution >= 4 is 0 Å². The highest BCUT2D eigenvalue weighted by Crippen LogP contribution is 2.24. The first-order valence-electron chi connectivity index (χ1n) is 10.2. The van der Waals surface area contributed by atoms with Gasteiger partial charge in [-0.3, -0.25) is 4.90 Å². The van der Waals surface area contributed by atoms with Gasteiger partial charge in [-0.15, -0.1) is 0 Å². The summed E-state index contributed by atoms with van der Waals surface area (Å²) in [6.45, 7) is 20.2. The average molecular weight is 326 g/mol. The number of nitrogens with zero attached hydrogens (tertiary/aromatic N) is 3. The first kappa shape index (κ1) is 20.9. The quantitative estimate of drug-likeness (QED) is 0.732. The van der Waals surface area contributed by atoms with E-state index in [1.807, 2.05) is 13.8 Å². The Kier molecular flexibility index (Phi) is 9.72. The van der Waals surface area contributed by atoms with Gasteiger partial charge in [-0.05, 0) is 78.7 Å². The SMILES string of the molecule is CC.CCCCN1CCN(CCC2CCN(C)CC2)CC1(C)C. The molecule has 0 aromatic carbocycles. The van der Waals surface area contributed by atoms with E-state index in [1.165, 1.54) is 77.9 Å². The van der Waals surface area contributed by atoms with E-state index in [-0.39, 0.29) is 0 Å². The number of unbranched alkanes of at least 4 members (excludes halogenated alkanes) is 1. The summed E-state index contributed by atoms with van der Waals surface area (Å²) < 4.78 is 0. The van der Waals surface area contributed by atoms with Gasteiger partial charge in [-0.25, -0.2) is 0 Å². The molecule has 0 radical (unpaired) electrons. The lowest BCUT2D eigenvalue weighted by Gasteiger charge is -2.47. The highest BCUT2D eigenvalue weighted by atomic mass is 15.3. The van der Waals surface area contributed by atoms with Gasteiger partial charge < -0.3 is 9.80 Å². The second-order valence-electron chi connectivity index (χ2n) is 7.96. The minimum atomic E-state index is 0.361. The van der Waals surface area contributed by atoms with Crippen molar-refractivity contribution in [3.05, 3.63) is 0 Å². The van der Waals surface area contributed by atoms with Crippen LogP contribution in [0.5, 0.6) is 0 Å². The highest BCUT2D eigenvalue weighted by Gasteiger charge is 2.33. The molecule has 0 amide bonds. The van der Waals surface area contributed by atoms with E-state index < -0.39 is 0 Å². The van der Waals surface area contributed by atoms with Gasteiger partial charge in [0.15, 0.2) is 0 Å². The molecule has 0 aromatic heterocycles. The van der Waals surface area contributed by atoms with Gasteiger partial charge >= 0.3 is 0 Å². The van der Waals surface area contributed by atoms with Crippen molar-refractivity contribution in [3.8, 4) is 0 Å². The third-order valence-corrected chi connectivity index (χ3v) is 5.63. The first-order chi connectivity index (χ1) is 11.0. The standard InChI is InChI=1S/C18H37N3.C2H6/c1-5-6-10-21-15-14-20(16-18(21,2)3)13-9-17-7-11-19(4)12-8-17;1-2/h17H,5-16H2,1-4H3;1-2H3. The molecular weight excluding hydrogens is 282 g/mol. The Balaban J connectivity index is 0.00000127.